The summed E-state index contributed by atoms with van der Waals surface area (Å²) in [7, 11) is 0. The van der Waals surface area contributed by atoms with Crippen molar-refractivity contribution in [2.45, 2.75) is 26.7 Å². The highest BCUT2D eigenvalue weighted by Gasteiger charge is 2.19. The first-order valence-corrected chi connectivity index (χ1v) is 17.8. The lowest BCUT2D eigenvalue weighted by Crippen LogP contribution is -2.05. The van der Waals surface area contributed by atoms with Gasteiger partial charge in [0.15, 0.2) is 5.84 Å². The summed E-state index contributed by atoms with van der Waals surface area (Å²) < 4.78 is 2.44. The van der Waals surface area contributed by atoms with E-state index in [2.05, 4.69) is 175 Å². The lowest BCUT2D eigenvalue weighted by Gasteiger charge is -2.15. The van der Waals surface area contributed by atoms with Crippen LogP contribution in [-0.4, -0.2) is 16.1 Å². The van der Waals surface area contributed by atoms with Crippen molar-refractivity contribution in [3.63, 3.8) is 0 Å². The normalized spacial score (nSPS) is 13.8. The van der Waals surface area contributed by atoms with Crippen molar-refractivity contribution in [3.8, 4) is 5.69 Å². The number of allylic oxidation sites excluding steroid dienone is 2. The summed E-state index contributed by atoms with van der Waals surface area (Å²) in [5.41, 5.74) is 10.1. The van der Waals surface area contributed by atoms with E-state index in [-0.39, 0.29) is 0 Å². The van der Waals surface area contributed by atoms with Gasteiger partial charge in [0.2, 0.25) is 0 Å². The standard InChI is InChI=1S/C48H37N3/c1-3-44(39-25-23-33-13-4-6-15-36(33)30-39)50-48(40-26-24-34-14-5-7-16-37(34)31-40)49-32(2)35-27-28-41-38(29-35)17-12-22-45(41)51-46-20-10-8-18-42(46)43-19-9-11-21-47(43)51/h3-8,10-18,20-31H,9,19H2,1-2H3/b44-3+,49-32?,50-48?. The number of aliphatic imine (C=N–C) groups is 2. The Bertz CT molecular complexity index is 2770. The number of nitrogens with zero attached hydrogens (tertiary/aromatic N) is 3. The highest BCUT2D eigenvalue weighted by Crippen LogP contribution is 2.36. The van der Waals surface area contributed by atoms with Crippen molar-refractivity contribution < 1.29 is 0 Å². The average Bonchev–Trinajstić information content (AvgIpc) is 3.52. The van der Waals surface area contributed by atoms with Gasteiger partial charge in [0, 0.05) is 33.3 Å². The molecule has 3 heteroatoms. The molecule has 1 aliphatic carbocycles. The van der Waals surface area contributed by atoms with Gasteiger partial charge in [-0.2, -0.15) is 0 Å². The minimum absolute atomic E-state index is 0.686. The molecule has 0 radical (unpaired) electrons. The highest BCUT2D eigenvalue weighted by atomic mass is 15.0. The monoisotopic (exact) mass is 655 g/mol. The Hall–Kier alpha value is -6.32. The number of aromatic nitrogens is 1. The second-order valence-electron chi connectivity index (χ2n) is 13.3. The molecule has 9 rings (SSSR count). The second kappa shape index (κ2) is 12.9. The Labute approximate surface area is 298 Å². The largest absolute Gasteiger partial charge is 0.309 e. The number of hydrogen-bond acceptors (Lipinski definition) is 1. The Morgan fingerprint density at radius 1 is 0.588 bits per heavy atom. The summed E-state index contributed by atoms with van der Waals surface area (Å²) in [6, 6.07) is 52.1. The van der Waals surface area contributed by atoms with Crippen molar-refractivity contribution in [2.24, 2.45) is 9.98 Å². The van der Waals surface area contributed by atoms with E-state index in [9.17, 15) is 0 Å². The summed E-state index contributed by atoms with van der Waals surface area (Å²) in [6.07, 6.45) is 8.83. The number of rotatable bonds is 5. The fourth-order valence-electron chi connectivity index (χ4n) is 7.60. The number of aryl methyl sites for hydroxylation is 1. The van der Waals surface area contributed by atoms with E-state index in [1.807, 2.05) is 6.92 Å². The molecular formula is C48H37N3. The molecule has 1 aliphatic rings. The summed E-state index contributed by atoms with van der Waals surface area (Å²) in [5, 5.41) is 8.50. The number of para-hydroxylation sites is 1. The fourth-order valence-corrected chi connectivity index (χ4v) is 7.60. The van der Waals surface area contributed by atoms with Crippen LogP contribution < -0.4 is 0 Å². The summed E-state index contributed by atoms with van der Waals surface area (Å²) in [6.45, 7) is 4.14. The van der Waals surface area contributed by atoms with Gasteiger partial charge in [0.05, 0.1) is 16.9 Å². The van der Waals surface area contributed by atoms with Crippen LogP contribution in [0, 0.1) is 0 Å². The topological polar surface area (TPSA) is 29.6 Å². The molecule has 0 bridgehead atoms. The highest BCUT2D eigenvalue weighted by molar-refractivity contribution is 6.14. The smallest absolute Gasteiger partial charge is 0.160 e. The van der Waals surface area contributed by atoms with Crippen molar-refractivity contribution in [1.82, 2.24) is 4.57 Å². The maximum Gasteiger partial charge on any atom is 0.160 e. The predicted molar refractivity (Wildman–Crippen MR) is 218 cm³/mol. The Balaban J connectivity index is 1.16. The summed E-state index contributed by atoms with van der Waals surface area (Å²) in [5.74, 6) is 0.686. The zero-order valence-corrected chi connectivity index (χ0v) is 28.8. The second-order valence-corrected chi connectivity index (χ2v) is 13.3. The van der Waals surface area contributed by atoms with Crippen molar-refractivity contribution in [2.75, 3.05) is 0 Å². The van der Waals surface area contributed by atoms with Crippen molar-refractivity contribution >= 4 is 66.5 Å². The SMILES string of the molecule is C/C=C(/N=C(N=C(C)c1ccc2c(-n3c4c(c5ccccc53)CCC=C4)cccc2c1)c1ccc2ccccc2c1)c1ccc2ccccc2c1. The van der Waals surface area contributed by atoms with Gasteiger partial charge in [0.1, 0.15) is 0 Å². The molecule has 0 aliphatic heterocycles. The van der Waals surface area contributed by atoms with Gasteiger partial charge in [-0.3, -0.25) is 0 Å². The van der Waals surface area contributed by atoms with Crippen LogP contribution in [-0.2, 0) is 6.42 Å². The molecule has 3 nitrogen and oxygen atoms in total. The molecule has 1 aromatic heterocycles. The van der Waals surface area contributed by atoms with Gasteiger partial charge in [0.25, 0.3) is 0 Å². The van der Waals surface area contributed by atoms with Crippen LogP contribution in [0.2, 0.25) is 0 Å². The number of hydrogen-bond donors (Lipinski definition) is 0. The molecule has 1 heterocycles. The van der Waals surface area contributed by atoms with E-state index in [0.717, 1.165) is 46.3 Å². The van der Waals surface area contributed by atoms with Gasteiger partial charge in [-0.1, -0.05) is 127 Å². The molecule has 0 unspecified atom stereocenters. The van der Waals surface area contributed by atoms with E-state index >= 15 is 0 Å². The van der Waals surface area contributed by atoms with Gasteiger partial charge in [-0.05, 0) is 101 Å². The number of benzene rings is 7. The van der Waals surface area contributed by atoms with Crippen molar-refractivity contribution in [1.29, 1.82) is 0 Å². The zero-order valence-electron chi connectivity index (χ0n) is 28.8. The third-order valence-electron chi connectivity index (χ3n) is 10.2. The van der Waals surface area contributed by atoms with Crippen LogP contribution in [0.4, 0.5) is 0 Å². The first-order chi connectivity index (χ1) is 25.1. The summed E-state index contributed by atoms with van der Waals surface area (Å²) in [4.78, 5) is 10.6. The Kier molecular flexibility index (Phi) is 7.74. The van der Waals surface area contributed by atoms with Crippen LogP contribution in [0.3, 0.4) is 0 Å². The van der Waals surface area contributed by atoms with Crippen LogP contribution in [0.15, 0.2) is 168 Å². The molecular weight excluding hydrogens is 619 g/mol. The van der Waals surface area contributed by atoms with Crippen LogP contribution in [0.5, 0.6) is 0 Å². The first kappa shape index (κ1) is 30.7. The van der Waals surface area contributed by atoms with E-state index in [4.69, 9.17) is 9.98 Å². The van der Waals surface area contributed by atoms with Gasteiger partial charge < -0.3 is 4.57 Å². The quantitative estimate of drug-likeness (QED) is 0.130. The van der Waals surface area contributed by atoms with E-state index in [1.165, 1.54) is 54.8 Å². The minimum Gasteiger partial charge on any atom is -0.309 e. The fraction of sp³-hybridized carbons (Fsp3) is 0.0833. The minimum atomic E-state index is 0.686. The average molecular weight is 656 g/mol. The van der Waals surface area contributed by atoms with Gasteiger partial charge in [-0.15, -0.1) is 0 Å². The first-order valence-electron chi connectivity index (χ1n) is 17.8. The lowest BCUT2D eigenvalue weighted by atomic mass is 10.0. The zero-order chi connectivity index (χ0) is 34.3. The molecule has 8 aromatic rings. The van der Waals surface area contributed by atoms with E-state index in [0.29, 0.717) is 5.84 Å². The number of amidine groups is 1. The molecule has 51 heavy (non-hydrogen) atoms. The van der Waals surface area contributed by atoms with Crippen molar-refractivity contribution in [3.05, 3.63) is 186 Å². The predicted octanol–water partition coefficient (Wildman–Crippen LogP) is 12.4. The van der Waals surface area contributed by atoms with Crippen LogP contribution in [0.1, 0.15) is 48.2 Å². The Morgan fingerprint density at radius 3 is 2.02 bits per heavy atom. The molecule has 7 aromatic carbocycles. The maximum atomic E-state index is 5.29. The van der Waals surface area contributed by atoms with Gasteiger partial charge in [-0.25, -0.2) is 9.98 Å². The molecule has 0 saturated heterocycles. The molecule has 0 atom stereocenters. The van der Waals surface area contributed by atoms with Crippen LogP contribution in [0.25, 0.3) is 60.7 Å². The molecule has 0 N–H and O–H groups in total. The number of fused-ring (bicyclic) bond motifs is 6. The van der Waals surface area contributed by atoms with Crippen LogP contribution >= 0.6 is 0 Å². The van der Waals surface area contributed by atoms with E-state index < -0.39 is 0 Å². The Morgan fingerprint density at radius 2 is 1.24 bits per heavy atom. The molecule has 0 amide bonds. The molecule has 0 spiro atoms. The summed E-state index contributed by atoms with van der Waals surface area (Å²) >= 11 is 0. The lowest BCUT2D eigenvalue weighted by molar-refractivity contribution is 0.970. The third kappa shape index (κ3) is 5.57. The molecule has 0 saturated carbocycles. The molecule has 244 valence electrons. The van der Waals surface area contributed by atoms with E-state index in [1.54, 1.807) is 0 Å². The maximum absolute atomic E-state index is 5.29. The molecule has 0 fully saturated rings. The van der Waals surface area contributed by atoms with Gasteiger partial charge >= 0.3 is 0 Å². The third-order valence-corrected chi connectivity index (χ3v) is 10.2.